The minimum Gasteiger partial charge on any atom is -0.360 e. The van der Waals surface area contributed by atoms with Gasteiger partial charge in [-0.05, 0) is 38.2 Å². The quantitative estimate of drug-likeness (QED) is 0.686. The van der Waals surface area contributed by atoms with Crippen LogP contribution >= 0.6 is 12.2 Å². The third-order valence-electron chi connectivity index (χ3n) is 4.02. The summed E-state index contributed by atoms with van der Waals surface area (Å²) in [5, 5.41) is 8.88. The van der Waals surface area contributed by atoms with E-state index in [-0.39, 0.29) is 0 Å². The zero-order valence-electron chi connectivity index (χ0n) is 15.4. The van der Waals surface area contributed by atoms with E-state index < -0.39 is 0 Å². The van der Waals surface area contributed by atoms with Crippen molar-refractivity contribution in [2.45, 2.75) is 26.4 Å². The lowest BCUT2D eigenvalue weighted by molar-refractivity contribution is 0.481. The van der Waals surface area contributed by atoms with E-state index in [1.54, 1.807) is 0 Å². The second-order valence-corrected chi connectivity index (χ2v) is 7.00. The Hall–Kier alpha value is -2.66. The van der Waals surface area contributed by atoms with Crippen molar-refractivity contribution in [1.29, 1.82) is 0 Å². The number of hydrogen-bond donors (Lipinski definition) is 1. The van der Waals surface area contributed by atoms with E-state index in [2.05, 4.69) is 49.6 Å². The standard InChI is InChI=1S/C21H24N4S/c1-16(2)22-21(26)24(3)14-18-15-25(19-12-8-5-9-13-19)23-20(18)17-10-6-4-7-11-17/h4-13,15-16H,14H2,1-3H3,(H,22,26). The van der Waals surface area contributed by atoms with E-state index in [4.69, 9.17) is 17.3 Å². The number of nitrogens with one attached hydrogen (secondary N) is 1. The van der Waals surface area contributed by atoms with Crippen LogP contribution in [0.1, 0.15) is 19.4 Å². The normalized spacial score (nSPS) is 10.8. The molecule has 0 spiro atoms. The summed E-state index contributed by atoms with van der Waals surface area (Å²) in [5.41, 5.74) is 4.26. The van der Waals surface area contributed by atoms with Gasteiger partial charge in [-0.3, -0.25) is 0 Å². The Balaban J connectivity index is 1.95. The van der Waals surface area contributed by atoms with E-state index in [1.807, 2.05) is 53.0 Å². The van der Waals surface area contributed by atoms with Gasteiger partial charge in [0.1, 0.15) is 0 Å². The number of thiocarbonyl (C=S) groups is 1. The van der Waals surface area contributed by atoms with E-state index in [9.17, 15) is 0 Å². The summed E-state index contributed by atoms with van der Waals surface area (Å²) in [5.74, 6) is 0. The van der Waals surface area contributed by atoms with Crippen LogP contribution < -0.4 is 5.32 Å². The molecule has 0 aliphatic carbocycles. The molecule has 3 rings (SSSR count). The molecule has 26 heavy (non-hydrogen) atoms. The number of nitrogens with zero attached hydrogens (tertiary/aromatic N) is 3. The highest BCUT2D eigenvalue weighted by Gasteiger charge is 2.15. The van der Waals surface area contributed by atoms with Crippen LogP contribution in [0.3, 0.4) is 0 Å². The molecule has 1 N–H and O–H groups in total. The topological polar surface area (TPSA) is 33.1 Å². The summed E-state index contributed by atoms with van der Waals surface area (Å²) in [6.45, 7) is 4.86. The summed E-state index contributed by atoms with van der Waals surface area (Å²) in [4.78, 5) is 2.05. The second-order valence-electron chi connectivity index (χ2n) is 6.61. The van der Waals surface area contributed by atoms with Crippen LogP contribution in [-0.4, -0.2) is 32.9 Å². The van der Waals surface area contributed by atoms with Crippen LogP contribution in [0.2, 0.25) is 0 Å². The van der Waals surface area contributed by atoms with Gasteiger partial charge in [0.05, 0.1) is 11.4 Å². The average molecular weight is 365 g/mol. The summed E-state index contributed by atoms with van der Waals surface area (Å²) in [7, 11) is 2.01. The highest BCUT2D eigenvalue weighted by atomic mass is 32.1. The predicted molar refractivity (Wildman–Crippen MR) is 111 cm³/mol. The first-order valence-electron chi connectivity index (χ1n) is 8.75. The fourth-order valence-electron chi connectivity index (χ4n) is 2.76. The van der Waals surface area contributed by atoms with Gasteiger partial charge in [-0.15, -0.1) is 0 Å². The van der Waals surface area contributed by atoms with Gasteiger partial charge in [0, 0.05) is 37.0 Å². The Kier molecular flexibility index (Phi) is 5.68. The van der Waals surface area contributed by atoms with Crippen LogP contribution in [0.15, 0.2) is 66.9 Å². The minimum absolute atomic E-state index is 0.311. The van der Waals surface area contributed by atoms with E-state index in [0.29, 0.717) is 12.6 Å². The van der Waals surface area contributed by atoms with Crippen molar-refractivity contribution in [2.24, 2.45) is 0 Å². The lowest BCUT2D eigenvalue weighted by atomic mass is 10.1. The Labute approximate surface area is 160 Å². The average Bonchev–Trinajstić information content (AvgIpc) is 3.06. The van der Waals surface area contributed by atoms with Gasteiger partial charge in [-0.1, -0.05) is 48.5 Å². The molecule has 2 aromatic carbocycles. The fourth-order valence-corrected chi connectivity index (χ4v) is 3.06. The Morgan fingerprint density at radius 1 is 1.08 bits per heavy atom. The zero-order valence-corrected chi connectivity index (χ0v) is 16.2. The molecule has 0 amide bonds. The molecule has 0 aliphatic rings. The number of hydrogen-bond acceptors (Lipinski definition) is 2. The molecule has 3 aromatic rings. The third-order valence-corrected chi connectivity index (χ3v) is 4.45. The van der Waals surface area contributed by atoms with Crippen molar-refractivity contribution in [3.8, 4) is 16.9 Å². The van der Waals surface area contributed by atoms with Crippen molar-refractivity contribution in [1.82, 2.24) is 20.0 Å². The van der Waals surface area contributed by atoms with Crippen LogP contribution in [0, 0.1) is 0 Å². The summed E-state index contributed by atoms with van der Waals surface area (Å²) in [6.07, 6.45) is 2.09. The van der Waals surface area contributed by atoms with Gasteiger partial charge in [0.15, 0.2) is 5.11 Å². The van der Waals surface area contributed by atoms with Crippen LogP contribution in [0.5, 0.6) is 0 Å². The molecule has 1 aromatic heterocycles. The molecule has 0 aliphatic heterocycles. The molecule has 0 unspecified atom stereocenters. The largest absolute Gasteiger partial charge is 0.360 e. The van der Waals surface area contributed by atoms with Gasteiger partial charge >= 0.3 is 0 Å². The second kappa shape index (κ2) is 8.15. The maximum atomic E-state index is 5.50. The highest BCUT2D eigenvalue weighted by Crippen LogP contribution is 2.24. The van der Waals surface area contributed by atoms with Crippen LogP contribution in [0.4, 0.5) is 0 Å². The molecule has 0 radical (unpaired) electrons. The predicted octanol–water partition coefficient (Wildman–Crippen LogP) is 4.25. The monoisotopic (exact) mass is 364 g/mol. The van der Waals surface area contributed by atoms with Gasteiger partial charge in [-0.25, -0.2) is 4.68 Å². The maximum Gasteiger partial charge on any atom is 0.169 e. The first-order chi connectivity index (χ1) is 12.5. The first-order valence-corrected chi connectivity index (χ1v) is 9.16. The molecule has 4 nitrogen and oxygen atoms in total. The molecule has 0 saturated heterocycles. The fraction of sp³-hybridized carbons (Fsp3) is 0.238. The van der Waals surface area contributed by atoms with E-state index in [1.165, 1.54) is 0 Å². The van der Waals surface area contributed by atoms with Crippen LogP contribution in [-0.2, 0) is 6.54 Å². The van der Waals surface area contributed by atoms with Crippen LogP contribution in [0.25, 0.3) is 16.9 Å². The number of para-hydroxylation sites is 1. The van der Waals surface area contributed by atoms with Crippen molar-refractivity contribution in [3.63, 3.8) is 0 Å². The van der Waals surface area contributed by atoms with Gasteiger partial charge in [0.25, 0.3) is 0 Å². The van der Waals surface area contributed by atoms with E-state index in [0.717, 1.165) is 27.6 Å². The molecule has 0 atom stereocenters. The van der Waals surface area contributed by atoms with Crippen molar-refractivity contribution >= 4 is 17.3 Å². The molecule has 134 valence electrons. The van der Waals surface area contributed by atoms with Gasteiger partial charge < -0.3 is 10.2 Å². The number of benzene rings is 2. The Bertz CT molecular complexity index is 856. The molecule has 0 saturated carbocycles. The lowest BCUT2D eigenvalue weighted by Crippen LogP contribution is -2.40. The summed E-state index contributed by atoms with van der Waals surface area (Å²) < 4.78 is 1.93. The van der Waals surface area contributed by atoms with Crippen molar-refractivity contribution < 1.29 is 0 Å². The SMILES string of the molecule is CC(C)NC(=S)N(C)Cc1cn(-c2ccccc2)nc1-c1ccccc1. The Morgan fingerprint density at radius 2 is 1.69 bits per heavy atom. The molecule has 5 heteroatoms. The summed E-state index contributed by atoms with van der Waals surface area (Å²) >= 11 is 5.50. The van der Waals surface area contributed by atoms with E-state index >= 15 is 0 Å². The minimum atomic E-state index is 0.311. The number of aromatic nitrogens is 2. The Morgan fingerprint density at radius 3 is 2.31 bits per heavy atom. The molecule has 0 bridgehead atoms. The molecule has 1 heterocycles. The van der Waals surface area contributed by atoms with Crippen molar-refractivity contribution in [3.05, 3.63) is 72.4 Å². The van der Waals surface area contributed by atoms with Gasteiger partial charge in [0.2, 0.25) is 0 Å². The maximum absolute atomic E-state index is 5.50. The third kappa shape index (κ3) is 4.29. The van der Waals surface area contributed by atoms with Crippen molar-refractivity contribution in [2.75, 3.05) is 7.05 Å². The highest BCUT2D eigenvalue weighted by molar-refractivity contribution is 7.80. The molecular weight excluding hydrogens is 340 g/mol. The smallest absolute Gasteiger partial charge is 0.169 e. The number of rotatable bonds is 5. The lowest BCUT2D eigenvalue weighted by Gasteiger charge is -2.22. The molecular formula is C21H24N4S. The first kappa shape index (κ1) is 18.1. The van der Waals surface area contributed by atoms with Gasteiger partial charge in [-0.2, -0.15) is 5.10 Å². The zero-order chi connectivity index (χ0) is 18.5. The summed E-state index contributed by atoms with van der Waals surface area (Å²) in [6, 6.07) is 20.7. The molecule has 0 fully saturated rings.